The zero-order valence-electron chi connectivity index (χ0n) is 14.7. The van der Waals surface area contributed by atoms with E-state index >= 15 is 0 Å². The van der Waals surface area contributed by atoms with Gasteiger partial charge in [0, 0.05) is 16.5 Å². The molecule has 7 heteroatoms. The van der Waals surface area contributed by atoms with Gasteiger partial charge in [-0.05, 0) is 49.2 Å². The molecule has 138 valence electrons. The van der Waals surface area contributed by atoms with Gasteiger partial charge in [0.15, 0.2) is 0 Å². The lowest BCUT2D eigenvalue weighted by Crippen LogP contribution is -2.33. The molecule has 0 saturated carbocycles. The summed E-state index contributed by atoms with van der Waals surface area (Å²) in [5, 5.41) is 8.59. The van der Waals surface area contributed by atoms with Crippen LogP contribution in [0.15, 0.2) is 48.8 Å². The Hall–Kier alpha value is -2.70. The van der Waals surface area contributed by atoms with Crippen molar-refractivity contribution in [2.45, 2.75) is 24.9 Å². The number of halogens is 1. The molecule has 1 saturated heterocycles. The molecule has 1 aliphatic heterocycles. The summed E-state index contributed by atoms with van der Waals surface area (Å²) in [5.74, 6) is 0.175. The predicted octanol–water partition coefficient (Wildman–Crippen LogP) is 3.29. The largest absolute Gasteiger partial charge is 0.366 e. The Bertz CT molecular complexity index is 970. The number of anilines is 1. The lowest BCUT2D eigenvalue weighted by atomic mass is 9.97. The Morgan fingerprint density at radius 1 is 1.22 bits per heavy atom. The van der Waals surface area contributed by atoms with E-state index in [1.54, 1.807) is 12.1 Å². The highest BCUT2D eigenvalue weighted by molar-refractivity contribution is 6.30. The first kappa shape index (κ1) is 17.7. The number of nitrogens with one attached hydrogen (secondary N) is 2. The van der Waals surface area contributed by atoms with Crippen LogP contribution in [0.25, 0.3) is 10.9 Å². The number of fused-ring (bicyclic) bond motifs is 1. The molecule has 27 heavy (non-hydrogen) atoms. The fourth-order valence-electron chi connectivity index (χ4n) is 3.63. The van der Waals surface area contributed by atoms with E-state index < -0.39 is 5.91 Å². The Kier molecular flexibility index (Phi) is 4.92. The quantitative estimate of drug-likeness (QED) is 0.630. The molecule has 1 aromatic heterocycles. The molecule has 0 aliphatic carbocycles. The highest BCUT2D eigenvalue weighted by Gasteiger charge is 2.27. The van der Waals surface area contributed by atoms with Gasteiger partial charge in [-0.2, -0.15) is 0 Å². The zero-order valence-corrected chi connectivity index (χ0v) is 15.4. The maximum atomic E-state index is 11.7. The molecule has 4 N–H and O–H groups in total. The van der Waals surface area contributed by atoms with Crippen molar-refractivity contribution in [2.75, 3.05) is 11.9 Å². The molecule has 6 nitrogen and oxygen atoms in total. The summed E-state index contributed by atoms with van der Waals surface area (Å²) in [6.07, 6.45) is 3.65. The van der Waals surface area contributed by atoms with Gasteiger partial charge >= 0.3 is 0 Å². The standard InChI is InChI=1S/C20H20ClN5O/c21-13-8-6-12(7-9-13)17(16-5-2-10-23-16)26-20-15-4-1-3-14(19(22)27)18(15)24-11-25-20/h1,3-4,6-9,11,16-17,23H,2,5,10H2,(H2,22,27)(H,24,25,26)/t16?,17-/m0/s1. The Morgan fingerprint density at radius 3 is 2.74 bits per heavy atom. The van der Waals surface area contributed by atoms with Crippen LogP contribution < -0.4 is 16.4 Å². The van der Waals surface area contributed by atoms with E-state index in [9.17, 15) is 4.79 Å². The van der Waals surface area contributed by atoms with Crippen LogP contribution in [0, 0.1) is 0 Å². The number of hydrogen-bond donors (Lipinski definition) is 3. The summed E-state index contributed by atoms with van der Waals surface area (Å²) in [7, 11) is 0. The molecule has 1 unspecified atom stereocenters. The molecule has 2 heterocycles. The van der Waals surface area contributed by atoms with E-state index in [2.05, 4.69) is 20.6 Å². The first-order chi connectivity index (χ1) is 13.1. The molecule has 1 fully saturated rings. The van der Waals surface area contributed by atoms with Crippen molar-refractivity contribution >= 4 is 34.2 Å². The van der Waals surface area contributed by atoms with Gasteiger partial charge < -0.3 is 16.4 Å². The maximum absolute atomic E-state index is 11.7. The van der Waals surface area contributed by atoms with Crippen LogP contribution in [-0.2, 0) is 0 Å². The second-order valence-corrected chi connectivity index (χ2v) is 7.10. The van der Waals surface area contributed by atoms with Crippen molar-refractivity contribution in [1.29, 1.82) is 0 Å². The van der Waals surface area contributed by atoms with E-state index in [4.69, 9.17) is 17.3 Å². The lowest BCUT2D eigenvalue weighted by molar-refractivity contribution is 0.100. The number of hydrogen-bond acceptors (Lipinski definition) is 5. The SMILES string of the molecule is NC(=O)c1cccc2c(N[C@@H](c3ccc(Cl)cc3)C3CCCN3)ncnc12. The maximum Gasteiger partial charge on any atom is 0.250 e. The number of carbonyl (C=O) groups is 1. The van der Waals surface area contributed by atoms with Crippen molar-refractivity contribution in [3.05, 3.63) is 64.9 Å². The first-order valence-electron chi connectivity index (χ1n) is 8.92. The summed E-state index contributed by atoms with van der Waals surface area (Å²) >= 11 is 6.06. The minimum atomic E-state index is -0.503. The minimum Gasteiger partial charge on any atom is -0.366 e. The van der Waals surface area contributed by atoms with E-state index in [1.807, 2.05) is 30.3 Å². The smallest absolute Gasteiger partial charge is 0.250 e. The van der Waals surface area contributed by atoms with Crippen molar-refractivity contribution in [1.82, 2.24) is 15.3 Å². The average molecular weight is 382 g/mol. The second kappa shape index (κ2) is 7.50. The topological polar surface area (TPSA) is 92.9 Å². The molecule has 0 radical (unpaired) electrons. The molecule has 2 aromatic carbocycles. The van der Waals surface area contributed by atoms with Gasteiger partial charge in [-0.25, -0.2) is 9.97 Å². The highest BCUT2D eigenvalue weighted by Crippen LogP contribution is 2.30. The molecule has 3 aromatic rings. The monoisotopic (exact) mass is 381 g/mol. The van der Waals surface area contributed by atoms with Crippen LogP contribution in [0.2, 0.25) is 5.02 Å². The lowest BCUT2D eigenvalue weighted by Gasteiger charge is -2.26. The van der Waals surface area contributed by atoms with Gasteiger partial charge in [-0.1, -0.05) is 29.8 Å². The van der Waals surface area contributed by atoms with E-state index in [-0.39, 0.29) is 12.1 Å². The van der Waals surface area contributed by atoms with Crippen LogP contribution >= 0.6 is 11.6 Å². The van der Waals surface area contributed by atoms with Crippen molar-refractivity contribution in [2.24, 2.45) is 5.73 Å². The van der Waals surface area contributed by atoms with Gasteiger partial charge in [0.1, 0.15) is 12.1 Å². The summed E-state index contributed by atoms with van der Waals surface area (Å²) in [6, 6.07) is 13.5. The predicted molar refractivity (Wildman–Crippen MR) is 107 cm³/mol. The number of nitrogens with two attached hydrogens (primary N) is 1. The van der Waals surface area contributed by atoms with E-state index in [0.29, 0.717) is 21.9 Å². The summed E-state index contributed by atoms with van der Waals surface area (Å²) < 4.78 is 0. The molecular weight excluding hydrogens is 362 g/mol. The normalized spacial score (nSPS) is 17.7. The Morgan fingerprint density at radius 2 is 2.04 bits per heavy atom. The third kappa shape index (κ3) is 3.59. The van der Waals surface area contributed by atoms with Gasteiger partial charge in [-0.3, -0.25) is 4.79 Å². The minimum absolute atomic E-state index is 0.0140. The molecule has 0 bridgehead atoms. The fourth-order valence-corrected chi connectivity index (χ4v) is 3.76. The molecule has 1 aliphatic rings. The number of rotatable bonds is 5. The van der Waals surface area contributed by atoms with Crippen LogP contribution in [0.1, 0.15) is 34.8 Å². The third-order valence-electron chi connectivity index (χ3n) is 4.95. The second-order valence-electron chi connectivity index (χ2n) is 6.66. The van der Waals surface area contributed by atoms with Crippen LogP contribution in [0.5, 0.6) is 0 Å². The highest BCUT2D eigenvalue weighted by atomic mass is 35.5. The Balaban J connectivity index is 1.76. The fraction of sp³-hybridized carbons (Fsp3) is 0.250. The number of aromatic nitrogens is 2. The number of primary amides is 1. The molecule has 0 spiro atoms. The first-order valence-corrected chi connectivity index (χ1v) is 9.30. The van der Waals surface area contributed by atoms with Gasteiger partial charge in [-0.15, -0.1) is 0 Å². The number of para-hydroxylation sites is 1. The number of benzene rings is 2. The third-order valence-corrected chi connectivity index (χ3v) is 5.20. The van der Waals surface area contributed by atoms with Crippen LogP contribution in [-0.4, -0.2) is 28.5 Å². The summed E-state index contributed by atoms with van der Waals surface area (Å²) in [4.78, 5) is 20.4. The Labute approximate surface area is 162 Å². The summed E-state index contributed by atoms with van der Waals surface area (Å²) in [6.45, 7) is 0.993. The molecule has 2 atom stereocenters. The average Bonchev–Trinajstić information content (AvgIpc) is 3.21. The van der Waals surface area contributed by atoms with E-state index in [0.717, 1.165) is 30.3 Å². The van der Waals surface area contributed by atoms with E-state index in [1.165, 1.54) is 6.33 Å². The molecule has 4 rings (SSSR count). The van der Waals surface area contributed by atoms with Gasteiger partial charge in [0.2, 0.25) is 0 Å². The van der Waals surface area contributed by atoms with Crippen LogP contribution in [0.3, 0.4) is 0 Å². The number of carbonyl (C=O) groups excluding carboxylic acids is 1. The zero-order chi connectivity index (χ0) is 18.8. The van der Waals surface area contributed by atoms with Crippen molar-refractivity contribution in [3.8, 4) is 0 Å². The van der Waals surface area contributed by atoms with Gasteiger partial charge in [0.25, 0.3) is 5.91 Å². The number of nitrogens with zero attached hydrogens (tertiary/aromatic N) is 2. The van der Waals surface area contributed by atoms with Crippen molar-refractivity contribution in [3.63, 3.8) is 0 Å². The molecule has 1 amide bonds. The number of amides is 1. The molecular formula is C20H20ClN5O. The van der Waals surface area contributed by atoms with Crippen LogP contribution in [0.4, 0.5) is 5.82 Å². The summed E-state index contributed by atoms with van der Waals surface area (Å²) in [5.41, 5.74) is 7.56. The van der Waals surface area contributed by atoms with Gasteiger partial charge in [0.05, 0.1) is 17.1 Å². The van der Waals surface area contributed by atoms with Crippen molar-refractivity contribution < 1.29 is 4.79 Å².